The largest absolute Gasteiger partial charge is 0.416 e. The molecule has 12 heteroatoms. The fourth-order valence-electron chi connectivity index (χ4n) is 5.42. The van der Waals surface area contributed by atoms with Crippen LogP contribution in [0.3, 0.4) is 0 Å². The summed E-state index contributed by atoms with van der Waals surface area (Å²) in [6.07, 6.45) is -4.01. The molecule has 1 N–H and O–H groups in total. The van der Waals surface area contributed by atoms with Gasteiger partial charge in [-0.05, 0) is 54.3 Å². The van der Waals surface area contributed by atoms with Crippen LogP contribution in [0, 0.1) is 0 Å². The number of hydrogen-bond acceptors (Lipinski definition) is 3. The van der Waals surface area contributed by atoms with Gasteiger partial charge in [-0.2, -0.15) is 26.3 Å². The molecule has 0 radical (unpaired) electrons. The molecule has 2 fully saturated rings. The van der Waals surface area contributed by atoms with Gasteiger partial charge in [-0.15, -0.1) is 0 Å². The van der Waals surface area contributed by atoms with Gasteiger partial charge in [-0.1, -0.05) is 48.5 Å². The third-order valence-corrected chi connectivity index (χ3v) is 8.17. The highest BCUT2D eigenvalue weighted by Crippen LogP contribution is 2.37. The lowest BCUT2D eigenvalue weighted by atomic mass is 9.93. The first-order valence-corrected chi connectivity index (χ1v) is 13.6. The number of benzene rings is 2. The van der Waals surface area contributed by atoms with Crippen LogP contribution in [0.25, 0.3) is 0 Å². The number of carbonyl (C=O) groups excluding carboxylic acids is 1. The first kappa shape index (κ1) is 30.0. The van der Waals surface area contributed by atoms with Gasteiger partial charge in [0.2, 0.25) is 5.91 Å². The predicted octanol–water partition coefficient (Wildman–Crippen LogP) is 7.34. The van der Waals surface area contributed by atoms with E-state index in [1.165, 1.54) is 19.3 Å². The van der Waals surface area contributed by atoms with Gasteiger partial charge in [0.25, 0.3) is 0 Å². The monoisotopic (exact) mass is 595 g/mol. The SMILES string of the molecule is O=C(NCc1cc(C(F)(F)F)cc(C(F)(F)F)c1)C(c1ccc(Cl)c(Cl)c1)N1CCN(C2CCCCC2)CC1. The second-order valence-corrected chi connectivity index (χ2v) is 10.9. The minimum Gasteiger partial charge on any atom is -0.350 e. The predicted molar refractivity (Wildman–Crippen MR) is 138 cm³/mol. The highest BCUT2D eigenvalue weighted by Gasteiger charge is 2.37. The molecule has 4 nitrogen and oxygen atoms in total. The van der Waals surface area contributed by atoms with Crippen LogP contribution in [0.2, 0.25) is 10.0 Å². The van der Waals surface area contributed by atoms with Crippen molar-refractivity contribution in [2.45, 2.75) is 63.1 Å². The van der Waals surface area contributed by atoms with Crippen LogP contribution in [-0.2, 0) is 23.7 Å². The van der Waals surface area contributed by atoms with E-state index in [1.807, 2.05) is 4.90 Å². The molecule has 1 saturated heterocycles. The van der Waals surface area contributed by atoms with E-state index >= 15 is 0 Å². The Morgan fingerprint density at radius 1 is 0.846 bits per heavy atom. The number of piperazine rings is 1. The fourth-order valence-corrected chi connectivity index (χ4v) is 5.73. The molecule has 1 unspecified atom stereocenters. The van der Waals surface area contributed by atoms with Gasteiger partial charge in [-0.25, -0.2) is 0 Å². The molecule has 2 aliphatic rings. The highest BCUT2D eigenvalue weighted by atomic mass is 35.5. The quantitative estimate of drug-likeness (QED) is 0.355. The molecular weight excluding hydrogens is 567 g/mol. The van der Waals surface area contributed by atoms with Gasteiger partial charge in [0.1, 0.15) is 6.04 Å². The average molecular weight is 596 g/mol. The Morgan fingerprint density at radius 3 is 1.97 bits per heavy atom. The minimum atomic E-state index is -4.97. The van der Waals surface area contributed by atoms with Crippen LogP contribution in [0.4, 0.5) is 26.3 Å². The van der Waals surface area contributed by atoms with Crippen molar-refractivity contribution in [2.24, 2.45) is 0 Å². The highest BCUT2D eigenvalue weighted by molar-refractivity contribution is 6.42. The first-order chi connectivity index (χ1) is 18.3. The molecule has 1 aliphatic carbocycles. The minimum absolute atomic E-state index is 0.0651. The summed E-state index contributed by atoms with van der Waals surface area (Å²) >= 11 is 12.3. The van der Waals surface area contributed by atoms with Crippen LogP contribution >= 0.6 is 23.2 Å². The molecule has 39 heavy (non-hydrogen) atoms. The summed E-state index contributed by atoms with van der Waals surface area (Å²) in [5, 5.41) is 3.09. The van der Waals surface area contributed by atoms with Gasteiger partial charge in [0.15, 0.2) is 0 Å². The topological polar surface area (TPSA) is 35.6 Å². The number of amides is 1. The van der Waals surface area contributed by atoms with E-state index in [-0.39, 0.29) is 16.7 Å². The van der Waals surface area contributed by atoms with Crippen LogP contribution in [0.5, 0.6) is 0 Å². The maximum Gasteiger partial charge on any atom is 0.416 e. The number of nitrogens with one attached hydrogen (secondary N) is 1. The lowest BCUT2D eigenvalue weighted by Gasteiger charge is -2.43. The van der Waals surface area contributed by atoms with Crippen LogP contribution in [0.15, 0.2) is 36.4 Å². The van der Waals surface area contributed by atoms with E-state index in [1.54, 1.807) is 18.2 Å². The smallest absolute Gasteiger partial charge is 0.350 e. The lowest BCUT2D eigenvalue weighted by molar-refractivity contribution is -0.143. The summed E-state index contributed by atoms with van der Waals surface area (Å²) in [6, 6.07) is 5.74. The number of carbonyl (C=O) groups is 1. The molecular formula is C27H29Cl2F6N3O. The summed E-state index contributed by atoms with van der Waals surface area (Å²) < 4.78 is 79.7. The summed E-state index contributed by atoms with van der Waals surface area (Å²) in [4.78, 5) is 17.9. The van der Waals surface area contributed by atoms with Crippen molar-refractivity contribution in [3.05, 3.63) is 68.7 Å². The molecule has 1 amide bonds. The number of rotatable bonds is 6. The number of nitrogens with zero attached hydrogens (tertiary/aromatic N) is 2. The molecule has 2 aromatic carbocycles. The molecule has 1 heterocycles. The standard InChI is InChI=1S/C27H29Cl2F6N3O/c28-22-7-6-18(14-23(22)29)24(38-10-8-37(9-11-38)21-4-2-1-3-5-21)25(39)36-16-17-12-19(26(30,31)32)15-20(13-17)27(33,34)35/h6-7,12-15,21,24H,1-5,8-11,16H2,(H,36,39). The zero-order valence-corrected chi connectivity index (χ0v) is 22.5. The van der Waals surface area contributed by atoms with E-state index < -0.39 is 42.0 Å². The zero-order valence-electron chi connectivity index (χ0n) is 21.0. The van der Waals surface area contributed by atoms with Gasteiger partial charge < -0.3 is 5.32 Å². The molecule has 214 valence electrons. The molecule has 4 rings (SSSR count). The third kappa shape index (κ3) is 7.60. The summed E-state index contributed by atoms with van der Waals surface area (Å²) in [7, 11) is 0. The summed E-state index contributed by atoms with van der Waals surface area (Å²) in [5.41, 5.74) is -2.63. The van der Waals surface area contributed by atoms with Crippen LogP contribution < -0.4 is 5.32 Å². The van der Waals surface area contributed by atoms with Gasteiger partial charge in [0.05, 0.1) is 21.2 Å². The molecule has 1 atom stereocenters. The van der Waals surface area contributed by atoms with E-state index in [2.05, 4.69) is 10.2 Å². The van der Waals surface area contributed by atoms with Crippen molar-refractivity contribution < 1.29 is 31.1 Å². The number of alkyl halides is 6. The molecule has 2 aromatic rings. The van der Waals surface area contributed by atoms with E-state index in [9.17, 15) is 31.1 Å². The second kappa shape index (κ2) is 12.2. The van der Waals surface area contributed by atoms with Crippen molar-refractivity contribution >= 4 is 29.1 Å². The Balaban J connectivity index is 1.54. The zero-order chi connectivity index (χ0) is 28.4. The normalized spacial score (nSPS) is 19.2. The third-order valence-electron chi connectivity index (χ3n) is 7.43. The Labute approximate surface area is 233 Å². The maximum absolute atomic E-state index is 13.5. The first-order valence-electron chi connectivity index (χ1n) is 12.8. The Kier molecular flexibility index (Phi) is 9.41. The molecule has 0 aromatic heterocycles. The van der Waals surface area contributed by atoms with E-state index in [0.29, 0.717) is 41.9 Å². The van der Waals surface area contributed by atoms with Gasteiger partial charge in [-0.3, -0.25) is 14.6 Å². The summed E-state index contributed by atoms with van der Waals surface area (Å²) in [5.74, 6) is -0.550. The van der Waals surface area contributed by atoms with Gasteiger partial charge in [0, 0.05) is 38.8 Å². The number of hydrogen-bond donors (Lipinski definition) is 1. The summed E-state index contributed by atoms with van der Waals surface area (Å²) in [6.45, 7) is 2.12. The Hall–Kier alpha value is -2.01. The van der Waals surface area contributed by atoms with Crippen molar-refractivity contribution in [3.8, 4) is 0 Å². The Morgan fingerprint density at radius 2 is 1.44 bits per heavy atom. The number of halogens is 8. The average Bonchev–Trinajstić information content (AvgIpc) is 2.89. The van der Waals surface area contributed by atoms with E-state index in [4.69, 9.17) is 23.2 Å². The van der Waals surface area contributed by atoms with Crippen molar-refractivity contribution in [1.29, 1.82) is 0 Å². The van der Waals surface area contributed by atoms with Crippen LogP contribution in [0.1, 0.15) is 60.4 Å². The van der Waals surface area contributed by atoms with Crippen molar-refractivity contribution in [3.63, 3.8) is 0 Å². The molecule has 0 bridgehead atoms. The lowest BCUT2D eigenvalue weighted by Crippen LogP contribution is -2.53. The Bertz CT molecular complexity index is 1130. The fraction of sp³-hybridized carbons (Fsp3) is 0.519. The van der Waals surface area contributed by atoms with Crippen molar-refractivity contribution in [2.75, 3.05) is 26.2 Å². The van der Waals surface area contributed by atoms with Crippen molar-refractivity contribution in [1.82, 2.24) is 15.1 Å². The second-order valence-electron chi connectivity index (χ2n) is 10.1. The van der Waals surface area contributed by atoms with Crippen LogP contribution in [-0.4, -0.2) is 47.9 Å². The molecule has 1 saturated carbocycles. The molecule has 1 aliphatic heterocycles. The van der Waals surface area contributed by atoms with E-state index in [0.717, 1.165) is 25.9 Å². The maximum atomic E-state index is 13.5. The molecule has 0 spiro atoms. The van der Waals surface area contributed by atoms with Gasteiger partial charge >= 0.3 is 12.4 Å².